The highest BCUT2D eigenvalue weighted by Crippen LogP contribution is 2.65. The molecule has 5 aliphatic rings. The lowest BCUT2D eigenvalue weighted by Crippen LogP contribution is -2.70. The lowest BCUT2D eigenvalue weighted by Gasteiger charge is -2.61. The van der Waals surface area contributed by atoms with Crippen LogP contribution < -0.4 is 26.9 Å². The molecule has 3 fully saturated rings. The highest BCUT2D eigenvalue weighted by molar-refractivity contribution is 5.95. The molecule has 3 aromatic carbocycles. The zero-order valence-corrected chi connectivity index (χ0v) is 31.7. The minimum atomic E-state index is -2.73. The Hall–Kier alpha value is -5.91. The van der Waals surface area contributed by atoms with Crippen LogP contribution in [0.1, 0.15) is 36.0 Å². The van der Waals surface area contributed by atoms with Gasteiger partial charge in [0.2, 0.25) is 12.0 Å². The van der Waals surface area contributed by atoms with Crippen LogP contribution in [0.3, 0.4) is 0 Å². The molecule has 1 aliphatic heterocycles. The van der Waals surface area contributed by atoms with Crippen molar-refractivity contribution in [3.05, 3.63) is 93.7 Å². The van der Waals surface area contributed by atoms with Crippen LogP contribution in [-0.4, -0.2) is 97.5 Å². The molecule has 2 saturated carbocycles. The van der Waals surface area contributed by atoms with Gasteiger partial charge in [0.05, 0.1) is 6.54 Å². The first-order valence-electron chi connectivity index (χ1n) is 19.4. The highest BCUT2D eigenvalue weighted by atomic mass is 16.7. The van der Waals surface area contributed by atoms with Crippen molar-refractivity contribution in [3.63, 3.8) is 0 Å². The first-order valence-corrected chi connectivity index (χ1v) is 19.4. The van der Waals surface area contributed by atoms with Gasteiger partial charge in [0.1, 0.15) is 40.3 Å². The van der Waals surface area contributed by atoms with Crippen molar-refractivity contribution in [1.82, 2.24) is 5.32 Å². The standard InChI is InChI=1S/C43H44N4O12/c1-46-27-12-18-8-9-42-16-20(18)11-25(27)33(42)24(10-19-4-2-3-5-26(19)42)23-13-21(48)6-7-22(23)29-14-28(49)32-30(57-29)15-31(34(50)35(32)51)58-40-38(53)43(56,17-47-41(44)45)37(52)36(59-40)39(54)55/h2-10,13-15,18,20,25,27,33,36-38,40,46,48,50-53,56H,11-12,16-17H2,1H3,(H,54,55)(H4,44,45,47)/t18-,20+,25+,27-,33+,36+,37-,38+,40+,42+,43+/m1/s1. The molecule has 308 valence electrons. The maximum Gasteiger partial charge on any atom is 0.335 e. The molecule has 9 rings (SSSR count). The van der Waals surface area contributed by atoms with Crippen molar-refractivity contribution in [2.24, 2.45) is 40.1 Å². The third kappa shape index (κ3) is 5.88. The molecule has 16 nitrogen and oxygen atoms in total. The molecule has 11 atom stereocenters. The van der Waals surface area contributed by atoms with Crippen molar-refractivity contribution >= 4 is 34.5 Å². The number of hydrogen-bond acceptors (Lipinski definition) is 13. The summed E-state index contributed by atoms with van der Waals surface area (Å²) in [5.74, 6) is -3.58. The van der Waals surface area contributed by atoms with Crippen molar-refractivity contribution < 1.29 is 54.4 Å². The van der Waals surface area contributed by atoms with E-state index in [0.717, 1.165) is 36.5 Å². The van der Waals surface area contributed by atoms with Crippen LogP contribution in [0.5, 0.6) is 23.0 Å². The number of carboxylic acids is 1. The first kappa shape index (κ1) is 38.6. The van der Waals surface area contributed by atoms with Crippen molar-refractivity contribution in [3.8, 4) is 34.3 Å². The number of aliphatic carboxylic acids is 1. The molecule has 12 N–H and O–H groups in total. The molecular formula is C43H44N4O12. The topological polar surface area (TPSA) is 284 Å². The minimum Gasteiger partial charge on any atom is -0.508 e. The molecule has 1 saturated heterocycles. The van der Waals surface area contributed by atoms with E-state index in [9.17, 15) is 45.3 Å². The quantitative estimate of drug-likeness (QED) is 0.0528. The Labute approximate surface area is 336 Å². The maximum atomic E-state index is 13.9. The number of hydrogen-bond donors (Lipinski definition) is 10. The summed E-state index contributed by atoms with van der Waals surface area (Å²) in [5.41, 5.74) is 11.1. The summed E-state index contributed by atoms with van der Waals surface area (Å²) in [4.78, 5) is 29.5. The van der Waals surface area contributed by atoms with Crippen LogP contribution in [0, 0.1) is 23.7 Å². The molecular weight excluding hydrogens is 764 g/mol. The van der Waals surface area contributed by atoms with Gasteiger partial charge in [-0.2, -0.15) is 0 Å². The fraction of sp³-hybridized carbons (Fsp3) is 0.372. The number of aromatic hydroxyl groups is 3. The number of rotatable bonds is 8. The SMILES string of the molecule is CN[C@@H]1C[C@H]2C=C[C@@]34C[C@@H]2C[C@@H]1[C@@H]3C(c1cc(O)ccc1-c1cc(=O)c2c(O)c(O)c(O[C@H]3O[C@H](C(=O)O)[C@@H](O)[C@@](O)(CN=C(N)N)[C@H]3O)cc2o1)=Cc1ccccc14. The number of fused-ring (bicyclic) bond motifs is 4. The lowest BCUT2D eigenvalue weighted by atomic mass is 9.44. The van der Waals surface area contributed by atoms with E-state index in [-0.39, 0.29) is 40.4 Å². The number of nitrogens with two attached hydrogens (primary N) is 2. The average molecular weight is 809 g/mol. The van der Waals surface area contributed by atoms with E-state index < -0.39 is 76.7 Å². The Kier molecular flexibility index (Phi) is 9.06. The zero-order valence-electron chi connectivity index (χ0n) is 31.7. The monoisotopic (exact) mass is 808 g/mol. The molecule has 16 heteroatoms. The summed E-state index contributed by atoms with van der Waals surface area (Å²) in [6.07, 6.45) is 1.20. The van der Waals surface area contributed by atoms with E-state index >= 15 is 0 Å². The average Bonchev–Trinajstić information content (AvgIpc) is 3.20. The summed E-state index contributed by atoms with van der Waals surface area (Å²) in [6, 6.07) is 15.6. The summed E-state index contributed by atoms with van der Waals surface area (Å²) in [7, 11) is 2.00. The van der Waals surface area contributed by atoms with Crippen molar-refractivity contribution in [1.29, 1.82) is 0 Å². The summed E-state index contributed by atoms with van der Waals surface area (Å²) in [6.45, 7) is -0.870. The van der Waals surface area contributed by atoms with Gasteiger partial charge in [-0.3, -0.25) is 9.79 Å². The van der Waals surface area contributed by atoms with Crippen LogP contribution in [0.2, 0.25) is 0 Å². The van der Waals surface area contributed by atoms with Crippen LogP contribution in [-0.2, 0) is 14.9 Å². The Morgan fingerprint density at radius 2 is 1.80 bits per heavy atom. The van der Waals surface area contributed by atoms with Gasteiger partial charge in [0.15, 0.2) is 29.0 Å². The Bertz CT molecular complexity index is 2550. The second kappa shape index (κ2) is 13.8. The van der Waals surface area contributed by atoms with Crippen LogP contribution in [0.4, 0.5) is 0 Å². The molecule has 2 heterocycles. The number of aliphatic hydroxyl groups is 3. The molecule has 0 radical (unpaired) electrons. The van der Waals surface area contributed by atoms with Gasteiger partial charge in [-0.25, -0.2) is 4.79 Å². The summed E-state index contributed by atoms with van der Waals surface area (Å²) < 4.78 is 17.3. The van der Waals surface area contributed by atoms with Crippen LogP contribution >= 0.6 is 0 Å². The number of aliphatic hydroxyl groups excluding tert-OH is 2. The number of carboxylic acid groups (broad SMARTS) is 1. The number of guanidine groups is 1. The summed E-state index contributed by atoms with van der Waals surface area (Å²) >= 11 is 0. The smallest absolute Gasteiger partial charge is 0.335 e. The number of ether oxygens (including phenoxy) is 2. The number of benzene rings is 3. The van der Waals surface area contributed by atoms with Gasteiger partial charge in [-0.1, -0.05) is 42.5 Å². The third-order valence-corrected chi connectivity index (χ3v) is 13.3. The Balaban J connectivity index is 1.16. The predicted octanol–water partition coefficient (Wildman–Crippen LogP) is 2.10. The molecule has 4 aliphatic carbocycles. The molecule has 1 aromatic heterocycles. The number of aliphatic imine (C=N–C) groups is 1. The zero-order chi connectivity index (χ0) is 41.7. The largest absolute Gasteiger partial charge is 0.508 e. The fourth-order valence-corrected chi connectivity index (χ4v) is 10.6. The lowest BCUT2D eigenvalue weighted by molar-refractivity contribution is -0.303. The second-order valence-corrected chi connectivity index (χ2v) is 16.4. The molecule has 0 amide bonds. The Morgan fingerprint density at radius 1 is 1.02 bits per heavy atom. The van der Waals surface area contributed by atoms with Crippen LogP contribution in [0.15, 0.2) is 81.0 Å². The number of nitrogens with zero attached hydrogens (tertiary/aromatic N) is 1. The molecule has 4 aromatic rings. The van der Waals surface area contributed by atoms with Gasteiger partial charge in [0, 0.05) is 35.1 Å². The third-order valence-electron chi connectivity index (χ3n) is 13.3. The second-order valence-electron chi connectivity index (χ2n) is 16.4. The maximum absolute atomic E-state index is 13.9. The number of carbonyl (C=O) groups is 1. The van der Waals surface area contributed by atoms with E-state index in [1.54, 1.807) is 12.1 Å². The Morgan fingerprint density at radius 3 is 2.54 bits per heavy atom. The van der Waals surface area contributed by atoms with Gasteiger partial charge in [0.25, 0.3) is 0 Å². The van der Waals surface area contributed by atoms with Crippen LogP contribution in [0.25, 0.3) is 33.9 Å². The molecule has 3 bridgehead atoms. The fourth-order valence-electron chi connectivity index (χ4n) is 10.6. The van der Waals surface area contributed by atoms with E-state index in [1.807, 2.05) is 13.1 Å². The predicted molar refractivity (Wildman–Crippen MR) is 213 cm³/mol. The number of phenols is 3. The minimum absolute atomic E-state index is 0.00341. The van der Waals surface area contributed by atoms with E-state index in [1.165, 1.54) is 17.7 Å². The number of phenolic OH excluding ortho intramolecular Hbond substituents is 3. The van der Waals surface area contributed by atoms with Gasteiger partial charge < -0.3 is 66.4 Å². The first-order chi connectivity index (χ1) is 28.1. The molecule has 59 heavy (non-hydrogen) atoms. The van der Waals surface area contributed by atoms with Gasteiger partial charge >= 0.3 is 5.97 Å². The van der Waals surface area contributed by atoms with E-state index in [2.05, 4.69) is 46.7 Å². The number of allylic oxidation sites excluding steroid dienone is 3. The van der Waals surface area contributed by atoms with Gasteiger partial charge in [-0.05, 0) is 84.5 Å². The van der Waals surface area contributed by atoms with Gasteiger partial charge in [-0.15, -0.1) is 0 Å². The van der Waals surface area contributed by atoms with Crippen molar-refractivity contribution in [2.75, 3.05) is 13.6 Å². The number of nitrogens with one attached hydrogen (secondary N) is 1. The normalized spacial score (nSPS) is 32.8. The molecule has 0 unspecified atom stereocenters. The van der Waals surface area contributed by atoms with E-state index in [0.29, 0.717) is 23.0 Å². The van der Waals surface area contributed by atoms with E-state index in [4.69, 9.17) is 25.4 Å². The molecule has 1 spiro atoms. The van der Waals surface area contributed by atoms with Crippen molar-refractivity contribution in [2.45, 2.75) is 60.9 Å². The highest BCUT2D eigenvalue weighted by Gasteiger charge is 2.60. The summed E-state index contributed by atoms with van der Waals surface area (Å²) in [5, 5.41) is 79.2.